The zero-order chi connectivity index (χ0) is 37.5. The van der Waals surface area contributed by atoms with E-state index in [0.717, 1.165) is 93.8 Å². The first kappa shape index (κ1) is 31.5. The standard InChI is InChI=1S/C51H30N4O2/c1-3-12-31(13-4-1)49-52-50(33-23-26-43-40(29-33)37-16-7-9-19-42(37)55(43)35-14-5-2-6-15-35)54-51(53-49)34-22-25-38-41-28-32(24-27-45(41)57-47(38)30-34)36-18-11-21-46-48(36)39-17-8-10-20-44(39)56-46/h1-30H. The first-order chi connectivity index (χ1) is 28.2. The Morgan fingerprint density at radius 2 is 0.930 bits per heavy atom. The van der Waals surface area contributed by atoms with Gasteiger partial charge in [0.05, 0.1) is 11.0 Å². The summed E-state index contributed by atoms with van der Waals surface area (Å²) in [5, 5.41) is 6.60. The molecular weight excluding hydrogens is 701 g/mol. The summed E-state index contributed by atoms with van der Waals surface area (Å²) >= 11 is 0. The van der Waals surface area contributed by atoms with Crippen molar-refractivity contribution >= 4 is 65.7 Å². The Kier molecular flexibility index (Phi) is 6.83. The molecule has 0 atom stereocenters. The van der Waals surface area contributed by atoms with Gasteiger partial charge in [-0.3, -0.25) is 0 Å². The minimum absolute atomic E-state index is 0.576. The van der Waals surface area contributed by atoms with E-state index in [0.29, 0.717) is 17.5 Å². The Balaban J connectivity index is 0.998. The van der Waals surface area contributed by atoms with Crippen LogP contribution >= 0.6 is 0 Å². The van der Waals surface area contributed by atoms with Gasteiger partial charge in [-0.2, -0.15) is 0 Å². The SMILES string of the molecule is c1ccc(-c2nc(-c3ccc4c(c3)oc3ccc(-c5cccc6oc7ccccc7c56)cc34)nc(-c3ccc4c(c3)c3ccccc3n4-c3ccccc3)n2)cc1. The molecule has 0 saturated carbocycles. The van der Waals surface area contributed by atoms with Gasteiger partial charge in [-0.1, -0.05) is 109 Å². The maximum atomic E-state index is 6.51. The van der Waals surface area contributed by atoms with Gasteiger partial charge in [0.25, 0.3) is 0 Å². The van der Waals surface area contributed by atoms with Crippen molar-refractivity contribution in [2.24, 2.45) is 0 Å². The molecule has 6 heteroatoms. The first-order valence-electron chi connectivity index (χ1n) is 19.0. The van der Waals surface area contributed by atoms with Crippen LogP contribution in [0, 0.1) is 0 Å². The second-order valence-electron chi connectivity index (χ2n) is 14.4. The highest BCUT2D eigenvalue weighted by Gasteiger charge is 2.19. The molecule has 0 amide bonds. The van der Waals surface area contributed by atoms with Crippen molar-refractivity contribution < 1.29 is 8.83 Å². The van der Waals surface area contributed by atoms with Crippen molar-refractivity contribution in [1.82, 2.24) is 19.5 Å². The van der Waals surface area contributed by atoms with Gasteiger partial charge in [0.2, 0.25) is 0 Å². The quantitative estimate of drug-likeness (QED) is 0.176. The Hall–Kier alpha value is -7.83. The molecule has 0 N–H and O–H groups in total. The molecule has 8 aromatic carbocycles. The van der Waals surface area contributed by atoms with E-state index < -0.39 is 0 Å². The van der Waals surface area contributed by atoms with Crippen LogP contribution in [0.4, 0.5) is 0 Å². The normalized spacial score (nSPS) is 11.9. The number of rotatable bonds is 5. The van der Waals surface area contributed by atoms with Gasteiger partial charge < -0.3 is 13.4 Å². The Morgan fingerprint density at radius 3 is 1.77 bits per heavy atom. The number of furan rings is 2. The van der Waals surface area contributed by atoms with Crippen LogP contribution in [-0.4, -0.2) is 19.5 Å². The molecule has 0 bridgehead atoms. The van der Waals surface area contributed by atoms with Crippen LogP contribution in [0.5, 0.6) is 0 Å². The molecule has 0 aliphatic heterocycles. The molecule has 0 aliphatic carbocycles. The highest BCUT2D eigenvalue weighted by molar-refractivity contribution is 6.14. The van der Waals surface area contributed by atoms with Gasteiger partial charge in [0.15, 0.2) is 17.5 Å². The zero-order valence-corrected chi connectivity index (χ0v) is 30.4. The summed E-state index contributed by atoms with van der Waals surface area (Å²) in [7, 11) is 0. The number of fused-ring (bicyclic) bond motifs is 9. The van der Waals surface area contributed by atoms with Gasteiger partial charge >= 0.3 is 0 Å². The summed E-state index contributed by atoms with van der Waals surface area (Å²) in [6.45, 7) is 0. The summed E-state index contributed by atoms with van der Waals surface area (Å²) in [6, 6.07) is 62.7. The average Bonchev–Trinajstić information content (AvgIpc) is 3.95. The maximum absolute atomic E-state index is 6.51. The smallest absolute Gasteiger partial charge is 0.164 e. The minimum atomic E-state index is 0.576. The van der Waals surface area contributed by atoms with Gasteiger partial charge in [-0.05, 0) is 83.9 Å². The highest BCUT2D eigenvalue weighted by atomic mass is 16.3. The molecule has 6 nitrogen and oxygen atoms in total. The van der Waals surface area contributed by atoms with E-state index in [1.807, 2.05) is 60.7 Å². The summed E-state index contributed by atoms with van der Waals surface area (Å²) in [5.74, 6) is 1.79. The fourth-order valence-electron chi connectivity index (χ4n) is 8.42. The van der Waals surface area contributed by atoms with Crippen LogP contribution in [0.2, 0.25) is 0 Å². The van der Waals surface area contributed by atoms with E-state index in [1.54, 1.807) is 0 Å². The predicted octanol–water partition coefficient (Wildman–Crippen LogP) is 13.4. The van der Waals surface area contributed by atoms with Crippen LogP contribution < -0.4 is 0 Å². The average molecular weight is 731 g/mol. The maximum Gasteiger partial charge on any atom is 0.164 e. The van der Waals surface area contributed by atoms with Crippen molar-refractivity contribution in [2.75, 3.05) is 0 Å². The lowest BCUT2D eigenvalue weighted by Crippen LogP contribution is -2.00. The largest absolute Gasteiger partial charge is 0.456 e. The van der Waals surface area contributed by atoms with Crippen molar-refractivity contribution in [3.8, 4) is 51.0 Å². The van der Waals surface area contributed by atoms with Gasteiger partial charge in [0, 0.05) is 54.7 Å². The predicted molar refractivity (Wildman–Crippen MR) is 230 cm³/mol. The number of hydrogen-bond donors (Lipinski definition) is 0. The molecule has 0 unspecified atom stereocenters. The molecule has 266 valence electrons. The minimum Gasteiger partial charge on any atom is -0.456 e. The number of benzene rings is 8. The Morgan fingerprint density at radius 1 is 0.333 bits per heavy atom. The van der Waals surface area contributed by atoms with E-state index in [9.17, 15) is 0 Å². The third kappa shape index (κ3) is 5.01. The van der Waals surface area contributed by atoms with Crippen molar-refractivity contribution in [2.45, 2.75) is 0 Å². The number of hydrogen-bond acceptors (Lipinski definition) is 5. The summed E-state index contributed by atoms with van der Waals surface area (Å²) in [5.41, 5.74) is 11.6. The Bertz CT molecular complexity index is 3530. The van der Waals surface area contributed by atoms with E-state index in [-0.39, 0.29) is 0 Å². The number of nitrogens with zero attached hydrogens (tertiary/aromatic N) is 4. The van der Waals surface area contributed by atoms with E-state index in [2.05, 4.69) is 126 Å². The molecule has 12 rings (SSSR count). The zero-order valence-electron chi connectivity index (χ0n) is 30.4. The second-order valence-corrected chi connectivity index (χ2v) is 14.4. The van der Waals surface area contributed by atoms with E-state index >= 15 is 0 Å². The van der Waals surface area contributed by atoms with Crippen LogP contribution in [-0.2, 0) is 0 Å². The molecule has 0 saturated heterocycles. The number of aromatic nitrogens is 4. The fraction of sp³-hybridized carbons (Fsp3) is 0. The molecular formula is C51H30N4O2. The van der Waals surface area contributed by atoms with Crippen molar-refractivity contribution in [1.29, 1.82) is 0 Å². The molecule has 57 heavy (non-hydrogen) atoms. The molecule has 0 spiro atoms. The third-order valence-electron chi connectivity index (χ3n) is 11.1. The van der Waals surface area contributed by atoms with Gasteiger partial charge in [0.1, 0.15) is 22.3 Å². The van der Waals surface area contributed by atoms with Crippen molar-refractivity contribution in [3.05, 3.63) is 182 Å². The summed E-state index contributed by atoms with van der Waals surface area (Å²) < 4.78 is 15.0. The van der Waals surface area contributed by atoms with Crippen LogP contribution in [0.15, 0.2) is 191 Å². The highest BCUT2D eigenvalue weighted by Crippen LogP contribution is 2.40. The number of para-hydroxylation sites is 3. The lowest BCUT2D eigenvalue weighted by molar-refractivity contribution is 0.669. The first-order valence-corrected chi connectivity index (χ1v) is 19.0. The summed E-state index contributed by atoms with van der Waals surface area (Å²) in [4.78, 5) is 15.2. The van der Waals surface area contributed by atoms with Gasteiger partial charge in [-0.15, -0.1) is 0 Å². The molecule has 0 radical (unpaired) electrons. The lowest BCUT2D eigenvalue weighted by atomic mass is 9.98. The second kappa shape index (κ2) is 12.3. The fourth-order valence-corrected chi connectivity index (χ4v) is 8.42. The summed E-state index contributed by atoms with van der Waals surface area (Å²) in [6.07, 6.45) is 0. The molecule has 0 aliphatic rings. The lowest BCUT2D eigenvalue weighted by Gasteiger charge is -2.10. The monoisotopic (exact) mass is 730 g/mol. The van der Waals surface area contributed by atoms with Crippen LogP contribution in [0.3, 0.4) is 0 Å². The van der Waals surface area contributed by atoms with Crippen LogP contribution in [0.25, 0.3) is 117 Å². The molecule has 4 heterocycles. The third-order valence-corrected chi connectivity index (χ3v) is 11.1. The van der Waals surface area contributed by atoms with E-state index in [4.69, 9.17) is 23.8 Å². The van der Waals surface area contributed by atoms with Crippen molar-refractivity contribution in [3.63, 3.8) is 0 Å². The van der Waals surface area contributed by atoms with Gasteiger partial charge in [-0.25, -0.2) is 15.0 Å². The molecule has 0 fully saturated rings. The molecule has 12 aromatic rings. The Labute approximate surface area is 325 Å². The van der Waals surface area contributed by atoms with E-state index in [1.165, 1.54) is 5.39 Å². The van der Waals surface area contributed by atoms with Crippen LogP contribution in [0.1, 0.15) is 0 Å². The molecule has 4 aromatic heterocycles. The topological polar surface area (TPSA) is 69.9 Å².